The second-order valence-corrected chi connectivity index (χ2v) is 5.24. The van der Waals surface area contributed by atoms with E-state index in [-0.39, 0.29) is 24.4 Å². The van der Waals surface area contributed by atoms with Gasteiger partial charge in [0.15, 0.2) is 0 Å². The van der Waals surface area contributed by atoms with Gasteiger partial charge in [-0.25, -0.2) is 0 Å². The highest BCUT2D eigenvalue weighted by molar-refractivity contribution is 5.82. The minimum atomic E-state index is -0.208. The third-order valence-electron chi connectivity index (χ3n) is 3.69. The van der Waals surface area contributed by atoms with E-state index in [4.69, 9.17) is 4.74 Å². The van der Waals surface area contributed by atoms with Gasteiger partial charge in [0.2, 0.25) is 11.8 Å². The molecule has 2 rings (SSSR count). The molecule has 1 aromatic carbocycles. The van der Waals surface area contributed by atoms with E-state index in [1.165, 1.54) is 0 Å². The van der Waals surface area contributed by atoms with E-state index in [0.29, 0.717) is 32.7 Å². The van der Waals surface area contributed by atoms with E-state index in [1.807, 2.05) is 30.3 Å². The van der Waals surface area contributed by atoms with Gasteiger partial charge in [-0.2, -0.15) is 0 Å². The summed E-state index contributed by atoms with van der Waals surface area (Å²) in [5.41, 5.74) is 0.991. The first kappa shape index (κ1) is 16.5. The smallest absolute Gasteiger partial charge is 0.237 e. The Hall–Kier alpha value is -1.92. The maximum absolute atomic E-state index is 12.5. The van der Waals surface area contributed by atoms with Crippen LogP contribution in [0.3, 0.4) is 0 Å². The molecule has 0 aliphatic carbocycles. The summed E-state index contributed by atoms with van der Waals surface area (Å²) in [6.45, 7) is 2.46. The molecular weight excluding hydrogens is 282 g/mol. The number of hydrogen-bond acceptors (Lipinski definition) is 4. The Bertz CT molecular complexity index is 493. The van der Waals surface area contributed by atoms with Crippen molar-refractivity contribution in [3.05, 3.63) is 35.9 Å². The van der Waals surface area contributed by atoms with Gasteiger partial charge in [0.05, 0.1) is 25.6 Å². The molecule has 22 heavy (non-hydrogen) atoms. The quantitative estimate of drug-likeness (QED) is 0.742. The molecule has 0 radical (unpaired) electrons. The molecule has 1 aliphatic rings. The fourth-order valence-corrected chi connectivity index (χ4v) is 2.57. The predicted octanol–water partition coefficient (Wildman–Crippen LogP) is 0.312. The Kier molecular flexibility index (Phi) is 6.36. The van der Waals surface area contributed by atoms with Gasteiger partial charge < -0.3 is 20.3 Å². The minimum Gasteiger partial charge on any atom is -0.383 e. The zero-order chi connectivity index (χ0) is 15.8. The number of nitrogens with one attached hydrogen (secondary N) is 2. The second kappa shape index (κ2) is 8.51. The molecule has 6 heteroatoms. The number of benzene rings is 1. The predicted molar refractivity (Wildman–Crippen MR) is 83.3 cm³/mol. The van der Waals surface area contributed by atoms with Crippen LogP contribution in [0.1, 0.15) is 18.0 Å². The van der Waals surface area contributed by atoms with Gasteiger partial charge in [-0.3, -0.25) is 9.59 Å². The number of rotatable bonds is 6. The second-order valence-electron chi connectivity index (χ2n) is 5.24. The third-order valence-corrected chi connectivity index (χ3v) is 3.69. The molecule has 1 heterocycles. The van der Waals surface area contributed by atoms with Crippen molar-refractivity contribution in [1.82, 2.24) is 15.5 Å². The summed E-state index contributed by atoms with van der Waals surface area (Å²) in [5, 5.41) is 5.90. The SMILES string of the molecule is COCCNCC(=O)N1CCNC(=O)CC1c1ccccc1. The first-order valence-corrected chi connectivity index (χ1v) is 7.53. The van der Waals surface area contributed by atoms with Gasteiger partial charge >= 0.3 is 0 Å². The summed E-state index contributed by atoms with van der Waals surface area (Å²) in [7, 11) is 1.63. The average Bonchev–Trinajstić information content (AvgIpc) is 2.74. The molecule has 1 atom stereocenters. The fourth-order valence-electron chi connectivity index (χ4n) is 2.57. The number of nitrogens with zero attached hydrogens (tertiary/aromatic N) is 1. The van der Waals surface area contributed by atoms with Crippen LogP contribution in [0.4, 0.5) is 0 Å². The molecule has 2 amide bonds. The Morgan fingerprint density at radius 3 is 2.91 bits per heavy atom. The monoisotopic (exact) mass is 305 g/mol. The standard InChI is InChI=1S/C16H23N3O3/c1-22-10-8-17-12-16(21)19-9-7-18-15(20)11-14(19)13-5-3-2-4-6-13/h2-6,14,17H,7-12H2,1H3,(H,18,20). The molecule has 1 unspecified atom stereocenters. The van der Waals surface area contributed by atoms with Crippen LogP contribution >= 0.6 is 0 Å². The van der Waals surface area contributed by atoms with Gasteiger partial charge in [0.25, 0.3) is 0 Å². The van der Waals surface area contributed by atoms with Crippen molar-refractivity contribution in [2.75, 3.05) is 39.9 Å². The lowest BCUT2D eigenvalue weighted by Gasteiger charge is -2.29. The fraction of sp³-hybridized carbons (Fsp3) is 0.500. The molecule has 1 aliphatic heterocycles. The Labute approximate surface area is 130 Å². The average molecular weight is 305 g/mol. The van der Waals surface area contributed by atoms with Gasteiger partial charge in [-0.05, 0) is 5.56 Å². The Balaban J connectivity index is 2.07. The summed E-state index contributed by atoms with van der Waals surface area (Å²) in [4.78, 5) is 26.1. The highest BCUT2D eigenvalue weighted by Gasteiger charge is 2.29. The summed E-state index contributed by atoms with van der Waals surface area (Å²) in [6.07, 6.45) is 0.299. The van der Waals surface area contributed by atoms with Crippen LogP contribution in [0, 0.1) is 0 Å². The summed E-state index contributed by atoms with van der Waals surface area (Å²) < 4.78 is 4.95. The Morgan fingerprint density at radius 2 is 2.18 bits per heavy atom. The van der Waals surface area contributed by atoms with E-state index < -0.39 is 0 Å². The van der Waals surface area contributed by atoms with E-state index in [2.05, 4.69) is 10.6 Å². The molecule has 0 saturated carbocycles. The van der Waals surface area contributed by atoms with Crippen LogP contribution in [0.15, 0.2) is 30.3 Å². The van der Waals surface area contributed by atoms with E-state index in [0.717, 1.165) is 5.56 Å². The van der Waals surface area contributed by atoms with Gasteiger partial charge in [0.1, 0.15) is 0 Å². The molecule has 1 fully saturated rings. The first-order valence-electron chi connectivity index (χ1n) is 7.53. The highest BCUT2D eigenvalue weighted by Crippen LogP contribution is 2.25. The minimum absolute atomic E-state index is 0.00135. The molecule has 0 bridgehead atoms. The van der Waals surface area contributed by atoms with Crippen molar-refractivity contribution in [2.24, 2.45) is 0 Å². The van der Waals surface area contributed by atoms with Crippen LogP contribution in [0.25, 0.3) is 0 Å². The van der Waals surface area contributed by atoms with Crippen molar-refractivity contribution in [3.63, 3.8) is 0 Å². The normalized spacial score (nSPS) is 18.7. The van der Waals surface area contributed by atoms with E-state index in [9.17, 15) is 9.59 Å². The number of carbonyl (C=O) groups excluding carboxylic acids is 2. The highest BCUT2D eigenvalue weighted by atomic mass is 16.5. The molecule has 1 aromatic rings. The number of hydrogen-bond donors (Lipinski definition) is 2. The lowest BCUT2D eigenvalue weighted by molar-refractivity contribution is -0.132. The molecule has 2 N–H and O–H groups in total. The summed E-state index contributed by atoms with van der Waals surface area (Å²) in [5.74, 6) is -0.0158. The summed E-state index contributed by atoms with van der Waals surface area (Å²) in [6, 6.07) is 9.50. The lowest BCUT2D eigenvalue weighted by Crippen LogP contribution is -2.42. The van der Waals surface area contributed by atoms with Crippen LogP contribution < -0.4 is 10.6 Å². The van der Waals surface area contributed by atoms with Crippen molar-refractivity contribution >= 4 is 11.8 Å². The van der Waals surface area contributed by atoms with E-state index >= 15 is 0 Å². The zero-order valence-electron chi connectivity index (χ0n) is 12.9. The number of amides is 2. The number of methoxy groups -OCH3 is 1. The van der Waals surface area contributed by atoms with Crippen molar-refractivity contribution in [2.45, 2.75) is 12.5 Å². The zero-order valence-corrected chi connectivity index (χ0v) is 12.9. The molecule has 0 spiro atoms. The van der Waals surface area contributed by atoms with Gasteiger partial charge in [0, 0.05) is 26.7 Å². The van der Waals surface area contributed by atoms with Crippen LogP contribution in [-0.4, -0.2) is 56.6 Å². The molecule has 6 nitrogen and oxygen atoms in total. The van der Waals surface area contributed by atoms with E-state index in [1.54, 1.807) is 12.0 Å². The lowest BCUT2D eigenvalue weighted by atomic mass is 10.0. The van der Waals surface area contributed by atoms with Gasteiger partial charge in [-0.15, -0.1) is 0 Å². The number of ether oxygens (including phenoxy) is 1. The molecule has 120 valence electrons. The van der Waals surface area contributed by atoms with Crippen LogP contribution in [0.2, 0.25) is 0 Å². The Morgan fingerprint density at radius 1 is 1.41 bits per heavy atom. The molecule has 0 aromatic heterocycles. The van der Waals surface area contributed by atoms with Crippen LogP contribution in [0.5, 0.6) is 0 Å². The van der Waals surface area contributed by atoms with Gasteiger partial charge in [-0.1, -0.05) is 30.3 Å². The number of carbonyl (C=O) groups is 2. The van der Waals surface area contributed by atoms with Crippen molar-refractivity contribution < 1.29 is 14.3 Å². The van der Waals surface area contributed by atoms with Crippen molar-refractivity contribution in [1.29, 1.82) is 0 Å². The third kappa shape index (κ3) is 4.54. The molecular formula is C16H23N3O3. The topological polar surface area (TPSA) is 70.7 Å². The maximum atomic E-state index is 12.5. The first-order chi connectivity index (χ1) is 10.7. The maximum Gasteiger partial charge on any atom is 0.237 e. The van der Waals surface area contributed by atoms with Crippen LogP contribution in [-0.2, 0) is 14.3 Å². The van der Waals surface area contributed by atoms with Crippen molar-refractivity contribution in [3.8, 4) is 0 Å². The summed E-state index contributed by atoms with van der Waals surface area (Å²) >= 11 is 0. The largest absolute Gasteiger partial charge is 0.383 e. The molecule has 1 saturated heterocycles.